The predicted molar refractivity (Wildman–Crippen MR) is 113 cm³/mol. The summed E-state index contributed by atoms with van der Waals surface area (Å²) >= 11 is 6.26. The van der Waals surface area contributed by atoms with Gasteiger partial charge in [-0.2, -0.15) is 0 Å². The maximum Gasteiger partial charge on any atom is 0.261 e. The van der Waals surface area contributed by atoms with E-state index in [4.69, 9.17) is 20.9 Å². The van der Waals surface area contributed by atoms with Gasteiger partial charge in [0.1, 0.15) is 28.5 Å². The highest BCUT2D eigenvalue weighted by Crippen LogP contribution is 2.31. The van der Waals surface area contributed by atoms with E-state index in [9.17, 15) is 4.79 Å². The smallest absolute Gasteiger partial charge is 0.261 e. The number of anilines is 1. The number of benzene rings is 3. The second-order valence-electron chi connectivity index (χ2n) is 6.34. The Morgan fingerprint density at radius 1 is 0.931 bits per heavy atom. The number of hydrogen-bond acceptors (Lipinski definition) is 4. The summed E-state index contributed by atoms with van der Waals surface area (Å²) in [5.74, 6) is 1.51. The molecule has 0 saturated carbocycles. The van der Waals surface area contributed by atoms with Crippen molar-refractivity contribution >= 4 is 23.2 Å². The minimum Gasteiger partial charge on any atom is -0.457 e. The third kappa shape index (κ3) is 4.15. The van der Waals surface area contributed by atoms with Crippen molar-refractivity contribution in [3.63, 3.8) is 0 Å². The zero-order valence-electron chi connectivity index (χ0n) is 15.6. The molecule has 0 aliphatic heterocycles. The zero-order valence-corrected chi connectivity index (χ0v) is 16.3. The molecule has 6 heteroatoms. The third-order valence-corrected chi connectivity index (χ3v) is 4.64. The van der Waals surface area contributed by atoms with Gasteiger partial charge in [0.2, 0.25) is 0 Å². The highest BCUT2D eigenvalue weighted by atomic mass is 35.5. The first kappa shape index (κ1) is 18.8. The van der Waals surface area contributed by atoms with Gasteiger partial charge >= 0.3 is 0 Å². The number of carbonyl (C=O) groups excluding carboxylic acids is 1. The van der Waals surface area contributed by atoms with E-state index >= 15 is 0 Å². The highest BCUT2D eigenvalue weighted by molar-refractivity contribution is 6.33. The van der Waals surface area contributed by atoms with Crippen LogP contribution in [0.2, 0.25) is 5.02 Å². The van der Waals surface area contributed by atoms with Crippen molar-refractivity contribution in [3.05, 3.63) is 95.2 Å². The molecule has 0 unspecified atom stereocenters. The van der Waals surface area contributed by atoms with Gasteiger partial charge < -0.3 is 14.6 Å². The lowest BCUT2D eigenvalue weighted by molar-refractivity contribution is 0.102. The number of halogens is 1. The largest absolute Gasteiger partial charge is 0.457 e. The normalized spacial score (nSPS) is 10.6. The van der Waals surface area contributed by atoms with Crippen LogP contribution in [0.5, 0.6) is 11.5 Å². The van der Waals surface area contributed by atoms with Crippen LogP contribution in [0.4, 0.5) is 5.69 Å². The lowest BCUT2D eigenvalue weighted by Crippen LogP contribution is -2.13. The summed E-state index contributed by atoms with van der Waals surface area (Å²) in [4.78, 5) is 12.9. The molecule has 0 saturated heterocycles. The molecule has 5 nitrogen and oxygen atoms in total. The van der Waals surface area contributed by atoms with E-state index in [1.165, 1.54) is 0 Å². The molecular weight excluding hydrogens is 388 g/mol. The van der Waals surface area contributed by atoms with Crippen LogP contribution in [0, 0.1) is 6.92 Å². The van der Waals surface area contributed by atoms with Gasteiger partial charge in [-0.15, -0.1) is 0 Å². The molecule has 29 heavy (non-hydrogen) atoms. The van der Waals surface area contributed by atoms with E-state index in [2.05, 4.69) is 10.5 Å². The molecule has 3 aromatic carbocycles. The van der Waals surface area contributed by atoms with E-state index < -0.39 is 0 Å². The highest BCUT2D eigenvalue weighted by Gasteiger charge is 2.23. The average Bonchev–Trinajstić information content (AvgIpc) is 3.12. The van der Waals surface area contributed by atoms with E-state index in [-0.39, 0.29) is 5.91 Å². The van der Waals surface area contributed by atoms with Crippen molar-refractivity contribution in [1.29, 1.82) is 0 Å². The molecule has 0 radical (unpaired) electrons. The molecule has 1 heterocycles. The molecule has 0 fully saturated rings. The molecule has 1 amide bonds. The number of nitrogens with one attached hydrogen (secondary N) is 1. The van der Waals surface area contributed by atoms with Gasteiger partial charge in [0.25, 0.3) is 5.91 Å². The fourth-order valence-corrected chi connectivity index (χ4v) is 3.13. The number of para-hydroxylation sites is 1. The molecule has 0 bridgehead atoms. The number of hydrogen-bond donors (Lipinski definition) is 1. The van der Waals surface area contributed by atoms with Crippen LogP contribution in [0.25, 0.3) is 11.3 Å². The fourth-order valence-electron chi connectivity index (χ4n) is 2.90. The van der Waals surface area contributed by atoms with Crippen molar-refractivity contribution in [2.24, 2.45) is 0 Å². The maximum absolute atomic E-state index is 12.9. The average molecular weight is 405 g/mol. The van der Waals surface area contributed by atoms with Crippen molar-refractivity contribution in [2.75, 3.05) is 5.32 Å². The van der Waals surface area contributed by atoms with Gasteiger partial charge in [-0.3, -0.25) is 4.79 Å². The third-order valence-electron chi connectivity index (χ3n) is 4.31. The van der Waals surface area contributed by atoms with Crippen LogP contribution in [0.15, 0.2) is 83.4 Å². The Bertz CT molecular complexity index is 1140. The number of rotatable bonds is 5. The lowest BCUT2D eigenvalue weighted by Gasteiger charge is -2.09. The van der Waals surface area contributed by atoms with Crippen LogP contribution in [0.3, 0.4) is 0 Å². The van der Waals surface area contributed by atoms with Crippen molar-refractivity contribution in [1.82, 2.24) is 5.16 Å². The summed E-state index contributed by atoms with van der Waals surface area (Å²) in [6.07, 6.45) is 0. The molecule has 0 atom stereocenters. The minimum atomic E-state index is -0.324. The van der Waals surface area contributed by atoms with Gasteiger partial charge in [0, 0.05) is 11.3 Å². The summed E-state index contributed by atoms with van der Waals surface area (Å²) in [6, 6.07) is 23.8. The quantitative estimate of drug-likeness (QED) is 0.421. The Morgan fingerprint density at radius 2 is 1.59 bits per heavy atom. The van der Waals surface area contributed by atoms with Crippen molar-refractivity contribution < 1.29 is 14.1 Å². The molecule has 0 aliphatic carbocycles. The zero-order chi connectivity index (χ0) is 20.2. The number of carbonyl (C=O) groups is 1. The number of aryl methyl sites for hydroxylation is 1. The second-order valence-corrected chi connectivity index (χ2v) is 6.74. The van der Waals surface area contributed by atoms with Gasteiger partial charge in [-0.25, -0.2) is 0 Å². The van der Waals surface area contributed by atoms with Crippen LogP contribution < -0.4 is 10.1 Å². The van der Waals surface area contributed by atoms with Crippen LogP contribution in [0.1, 0.15) is 16.1 Å². The maximum atomic E-state index is 12.9. The molecule has 144 valence electrons. The van der Waals surface area contributed by atoms with E-state index in [0.717, 1.165) is 5.75 Å². The van der Waals surface area contributed by atoms with Gasteiger partial charge in [0.15, 0.2) is 0 Å². The number of ether oxygens (including phenoxy) is 1. The Kier molecular flexibility index (Phi) is 5.31. The Balaban J connectivity index is 1.53. The molecule has 1 N–H and O–H groups in total. The summed E-state index contributed by atoms with van der Waals surface area (Å²) in [6.45, 7) is 1.69. The summed E-state index contributed by atoms with van der Waals surface area (Å²) < 4.78 is 11.0. The van der Waals surface area contributed by atoms with E-state index in [0.29, 0.717) is 39.0 Å². The van der Waals surface area contributed by atoms with Crippen LogP contribution in [-0.2, 0) is 0 Å². The summed E-state index contributed by atoms with van der Waals surface area (Å²) in [5.41, 5.74) is 2.03. The topological polar surface area (TPSA) is 64.4 Å². The summed E-state index contributed by atoms with van der Waals surface area (Å²) in [5, 5.41) is 7.40. The predicted octanol–water partition coefficient (Wildman–Crippen LogP) is 6.35. The van der Waals surface area contributed by atoms with Gasteiger partial charge in [-0.1, -0.05) is 53.2 Å². The standard InChI is InChI=1S/C23H17ClN2O3/c1-15-21(22(26-29-15)19-9-5-6-10-20(19)24)23(27)25-16-11-13-18(14-12-16)28-17-7-3-2-4-8-17/h2-14H,1H3,(H,25,27). The van der Waals surface area contributed by atoms with Gasteiger partial charge in [-0.05, 0) is 49.4 Å². The molecule has 0 aliphatic rings. The Morgan fingerprint density at radius 3 is 2.31 bits per heavy atom. The monoisotopic (exact) mass is 404 g/mol. The van der Waals surface area contributed by atoms with Gasteiger partial charge in [0.05, 0.1) is 5.02 Å². The lowest BCUT2D eigenvalue weighted by atomic mass is 10.1. The number of amides is 1. The number of aromatic nitrogens is 1. The van der Waals surface area contributed by atoms with Crippen LogP contribution in [-0.4, -0.2) is 11.1 Å². The Hall–Kier alpha value is -3.57. The molecule has 4 aromatic rings. The first-order chi connectivity index (χ1) is 14.1. The fraction of sp³-hybridized carbons (Fsp3) is 0.0435. The summed E-state index contributed by atoms with van der Waals surface area (Å²) in [7, 11) is 0. The molecule has 4 rings (SSSR count). The first-order valence-corrected chi connectivity index (χ1v) is 9.35. The molecular formula is C23H17ClN2O3. The minimum absolute atomic E-state index is 0.324. The molecule has 0 spiro atoms. The van der Waals surface area contributed by atoms with Crippen LogP contribution >= 0.6 is 11.6 Å². The number of nitrogens with zero attached hydrogens (tertiary/aromatic N) is 1. The van der Waals surface area contributed by atoms with E-state index in [1.54, 1.807) is 43.3 Å². The Labute approximate surface area is 172 Å². The van der Waals surface area contributed by atoms with Crippen molar-refractivity contribution in [2.45, 2.75) is 6.92 Å². The SMILES string of the molecule is Cc1onc(-c2ccccc2Cl)c1C(=O)Nc1ccc(Oc2ccccc2)cc1. The van der Waals surface area contributed by atoms with Crippen molar-refractivity contribution in [3.8, 4) is 22.8 Å². The molecule has 1 aromatic heterocycles. The first-order valence-electron chi connectivity index (χ1n) is 8.97. The van der Waals surface area contributed by atoms with E-state index in [1.807, 2.05) is 42.5 Å². The second kappa shape index (κ2) is 8.20.